The SMILES string of the molecule is CCCCCCCCCCC[C@@H](O)C[C@H](C)CCC. The van der Waals surface area contributed by atoms with Crippen molar-refractivity contribution in [2.45, 2.75) is 110 Å². The molecule has 1 N–H and O–H groups in total. The quantitative estimate of drug-likeness (QED) is 0.378. The molecule has 0 aliphatic carbocycles. The largest absolute Gasteiger partial charge is 0.393 e. The van der Waals surface area contributed by atoms with Gasteiger partial charge in [0.05, 0.1) is 6.10 Å². The van der Waals surface area contributed by atoms with Gasteiger partial charge < -0.3 is 5.11 Å². The van der Waals surface area contributed by atoms with Gasteiger partial charge in [-0.05, 0) is 18.8 Å². The van der Waals surface area contributed by atoms with Crippen molar-refractivity contribution in [1.29, 1.82) is 0 Å². The first-order valence-corrected chi connectivity index (χ1v) is 8.88. The summed E-state index contributed by atoms with van der Waals surface area (Å²) in [5.74, 6) is 0.693. The molecule has 1 heteroatoms. The van der Waals surface area contributed by atoms with Gasteiger partial charge in [-0.3, -0.25) is 0 Å². The van der Waals surface area contributed by atoms with E-state index in [4.69, 9.17) is 0 Å². The van der Waals surface area contributed by atoms with Crippen molar-refractivity contribution in [2.75, 3.05) is 0 Å². The van der Waals surface area contributed by atoms with Crippen LogP contribution in [0.5, 0.6) is 0 Å². The zero-order valence-electron chi connectivity index (χ0n) is 13.8. The molecule has 0 aliphatic rings. The van der Waals surface area contributed by atoms with Crippen molar-refractivity contribution >= 4 is 0 Å². The minimum Gasteiger partial charge on any atom is -0.393 e. The van der Waals surface area contributed by atoms with Crippen LogP contribution in [-0.4, -0.2) is 11.2 Å². The first-order chi connectivity index (χ1) is 9.20. The zero-order valence-corrected chi connectivity index (χ0v) is 13.8. The fraction of sp³-hybridized carbons (Fsp3) is 1.00. The van der Waals surface area contributed by atoms with Crippen LogP contribution < -0.4 is 0 Å². The minimum absolute atomic E-state index is 0.0499. The van der Waals surface area contributed by atoms with Gasteiger partial charge in [0, 0.05) is 0 Å². The Morgan fingerprint density at radius 1 is 0.684 bits per heavy atom. The summed E-state index contributed by atoms with van der Waals surface area (Å²) in [6, 6.07) is 0. The van der Waals surface area contributed by atoms with Crippen molar-refractivity contribution in [1.82, 2.24) is 0 Å². The van der Waals surface area contributed by atoms with Crippen LogP contribution >= 0.6 is 0 Å². The highest BCUT2D eigenvalue weighted by molar-refractivity contribution is 4.62. The highest BCUT2D eigenvalue weighted by Crippen LogP contribution is 2.17. The molecular weight excluding hydrogens is 232 g/mol. The fourth-order valence-electron chi connectivity index (χ4n) is 2.88. The van der Waals surface area contributed by atoms with E-state index in [1.54, 1.807) is 0 Å². The van der Waals surface area contributed by atoms with Crippen LogP contribution in [0.3, 0.4) is 0 Å². The molecule has 0 fully saturated rings. The van der Waals surface area contributed by atoms with E-state index in [1.807, 2.05) is 0 Å². The molecule has 0 aromatic heterocycles. The number of aliphatic hydroxyl groups is 1. The molecule has 2 atom stereocenters. The maximum absolute atomic E-state index is 9.95. The molecule has 0 bridgehead atoms. The van der Waals surface area contributed by atoms with Gasteiger partial charge in [0.2, 0.25) is 0 Å². The molecule has 0 heterocycles. The number of hydrogen-bond acceptors (Lipinski definition) is 1. The summed E-state index contributed by atoms with van der Waals surface area (Å²) >= 11 is 0. The Labute approximate surface area is 122 Å². The second-order valence-electron chi connectivity index (χ2n) is 6.40. The van der Waals surface area contributed by atoms with Crippen LogP contribution in [0.4, 0.5) is 0 Å². The molecule has 19 heavy (non-hydrogen) atoms. The molecule has 0 radical (unpaired) electrons. The second kappa shape index (κ2) is 14.4. The van der Waals surface area contributed by atoms with E-state index in [-0.39, 0.29) is 6.10 Å². The number of hydrogen-bond donors (Lipinski definition) is 1. The molecule has 1 nitrogen and oxygen atoms in total. The van der Waals surface area contributed by atoms with Gasteiger partial charge in [0.25, 0.3) is 0 Å². The molecule has 0 rings (SSSR count). The van der Waals surface area contributed by atoms with Gasteiger partial charge in [-0.1, -0.05) is 91.4 Å². The molecule has 0 saturated carbocycles. The van der Waals surface area contributed by atoms with Crippen molar-refractivity contribution in [2.24, 2.45) is 5.92 Å². The van der Waals surface area contributed by atoms with Crippen molar-refractivity contribution in [3.63, 3.8) is 0 Å². The van der Waals surface area contributed by atoms with Crippen molar-refractivity contribution in [3.05, 3.63) is 0 Å². The van der Waals surface area contributed by atoms with Gasteiger partial charge in [-0.15, -0.1) is 0 Å². The monoisotopic (exact) mass is 270 g/mol. The van der Waals surface area contributed by atoms with Crippen LogP contribution in [0.2, 0.25) is 0 Å². The maximum atomic E-state index is 9.95. The Kier molecular flexibility index (Phi) is 14.3. The summed E-state index contributed by atoms with van der Waals surface area (Å²) in [5.41, 5.74) is 0. The van der Waals surface area contributed by atoms with Crippen LogP contribution in [0.25, 0.3) is 0 Å². The third-order valence-electron chi connectivity index (χ3n) is 4.10. The summed E-state index contributed by atoms with van der Waals surface area (Å²) in [7, 11) is 0. The van der Waals surface area contributed by atoms with Crippen LogP contribution in [0, 0.1) is 5.92 Å². The van der Waals surface area contributed by atoms with Gasteiger partial charge in [0.1, 0.15) is 0 Å². The summed E-state index contributed by atoms with van der Waals surface area (Å²) in [6.45, 7) is 6.76. The van der Waals surface area contributed by atoms with E-state index in [1.165, 1.54) is 70.6 Å². The molecule has 116 valence electrons. The summed E-state index contributed by atoms with van der Waals surface area (Å²) in [4.78, 5) is 0. The minimum atomic E-state index is -0.0499. The lowest BCUT2D eigenvalue weighted by Gasteiger charge is -2.15. The van der Waals surface area contributed by atoms with Gasteiger partial charge in [0.15, 0.2) is 0 Å². The molecular formula is C18H38O. The lowest BCUT2D eigenvalue weighted by atomic mass is 9.95. The maximum Gasteiger partial charge on any atom is 0.0542 e. The van der Waals surface area contributed by atoms with Gasteiger partial charge in [-0.2, -0.15) is 0 Å². The lowest BCUT2D eigenvalue weighted by Crippen LogP contribution is -2.11. The Balaban J connectivity index is 3.20. The highest BCUT2D eigenvalue weighted by Gasteiger charge is 2.09. The van der Waals surface area contributed by atoms with Crippen molar-refractivity contribution < 1.29 is 5.11 Å². The summed E-state index contributed by atoms with van der Waals surface area (Å²) in [6.07, 6.45) is 16.8. The third-order valence-corrected chi connectivity index (χ3v) is 4.10. The number of rotatable bonds is 14. The fourth-order valence-corrected chi connectivity index (χ4v) is 2.88. The van der Waals surface area contributed by atoms with E-state index in [0.29, 0.717) is 5.92 Å². The Hall–Kier alpha value is -0.0400. The molecule has 0 aromatic carbocycles. The van der Waals surface area contributed by atoms with E-state index >= 15 is 0 Å². The van der Waals surface area contributed by atoms with Crippen LogP contribution in [-0.2, 0) is 0 Å². The lowest BCUT2D eigenvalue weighted by molar-refractivity contribution is 0.131. The standard InChI is InChI=1S/C18H38O/c1-4-6-7-8-9-10-11-12-13-15-18(19)16-17(3)14-5-2/h17-19H,4-16H2,1-3H3/t17-,18-/m1/s1. The topological polar surface area (TPSA) is 20.2 Å². The first-order valence-electron chi connectivity index (χ1n) is 8.88. The third kappa shape index (κ3) is 14.2. The second-order valence-corrected chi connectivity index (χ2v) is 6.40. The zero-order chi connectivity index (χ0) is 14.3. The van der Waals surface area contributed by atoms with Crippen molar-refractivity contribution in [3.8, 4) is 0 Å². The van der Waals surface area contributed by atoms with Crippen LogP contribution in [0.15, 0.2) is 0 Å². The normalized spacial score (nSPS) is 14.5. The van der Waals surface area contributed by atoms with Gasteiger partial charge >= 0.3 is 0 Å². The molecule has 0 amide bonds. The number of aliphatic hydroxyl groups excluding tert-OH is 1. The molecule has 0 aliphatic heterocycles. The Morgan fingerprint density at radius 3 is 1.74 bits per heavy atom. The molecule has 0 unspecified atom stereocenters. The predicted molar refractivity (Wildman–Crippen MR) is 86.5 cm³/mol. The molecule has 0 aromatic rings. The summed E-state index contributed by atoms with van der Waals surface area (Å²) in [5, 5.41) is 9.95. The van der Waals surface area contributed by atoms with E-state index in [2.05, 4.69) is 20.8 Å². The van der Waals surface area contributed by atoms with Gasteiger partial charge in [-0.25, -0.2) is 0 Å². The highest BCUT2D eigenvalue weighted by atomic mass is 16.3. The Bertz CT molecular complexity index is 167. The smallest absolute Gasteiger partial charge is 0.0542 e. The van der Waals surface area contributed by atoms with E-state index in [9.17, 15) is 5.11 Å². The number of unbranched alkanes of at least 4 members (excludes halogenated alkanes) is 8. The summed E-state index contributed by atoms with van der Waals surface area (Å²) < 4.78 is 0. The average molecular weight is 271 g/mol. The first kappa shape index (κ1) is 19.0. The molecule has 0 spiro atoms. The van der Waals surface area contributed by atoms with Crippen LogP contribution in [0.1, 0.15) is 104 Å². The van der Waals surface area contributed by atoms with E-state index < -0.39 is 0 Å². The Morgan fingerprint density at radius 2 is 1.21 bits per heavy atom. The average Bonchev–Trinajstić information content (AvgIpc) is 2.37. The predicted octanol–water partition coefficient (Wildman–Crippen LogP) is 6.09. The van der Waals surface area contributed by atoms with E-state index in [0.717, 1.165) is 12.8 Å². The molecule has 0 saturated heterocycles.